The Bertz CT molecular complexity index is 679. The number of halogens is 4. The van der Waals surface area contributed by atoms with E-state index in [1.54, 1.807) is 0 Å². The number of benzene rings is 2. The van der Waals surface area contributed by atoms with Gasteiger partial charge in [-0.15, -0.1) is 0 Å². The van der Waals surface area contributed by atoms with Crippen LogP contribution >= 0.6 is 15.9 Å². The van der Waals surface area contributed by atoms with Crippen LogP contribution in [0.1, 0.15) is 5.56 Å². The van der Waals surface area contributed by atoms with Crippen LogP contribution in [0.2, 0.25) is 0 Å². The van der Waals surface area contributed by atoms with Crippen LogP contribution in [0.4, 0.5) is 13.2 Å². The lowest BCUT2D eigenvalue weighted by molar-refractivity contribution is -0.149. The molecule has 0 radical (unpaired) electrons. The molecule has 1 fully saturated rings. The van der Waals surface area contributed by atoms with Gasteiger partial charge in [0, 0.05) is 37.2 Å². The molecule has 0 N–H and O–H groups in total. The summed E-state index contributed by atoms with van der Waals surface area (Å²) in [6.07, 6.45) is -4.10. The van der Waals surface area contributed by atoms with E-state index in [-0.39, 0.29) is 0 Å². The van der Waals surface area contributed by atoms with Crippen molar-refractivity contribution in [2.45, 2.75) is 12.7 Å². The topological polar surface area (TPSA) is 6.48 Å². The van der Waals surface area contributed by atoms with Crippen molar-refractivity contribution >= 4 is 26.7 Å². The lowest BCUT2D eigenvalue weighted by Gasteiger charge is -2.35. The van der Waals surface area contributed by atoms with Crippen molar-refractivity contribution in [3.8, 4) is 0 Å². The molecule has 2 nitrogen and oxygen atoms in total. The Morgan fingerprint density at radius 1 is 0.957 bits per heavy atom. The number of piperazine rings is 1. The highest BCUT2D eigenvalue weighted by Crippen LogP contribution is 2.25. The van der Waals surface area contributed by atoms with E-state index in [4.69, 9.17) is 0 Å². The Kier molecular flexibility index (Phi) is 4.94. The van der Waals surface area contributed by atoms with Crippen LogP contribution in [0.3, 0.4) is 0 Å². The van der Waals surface area contributed by atoms with Crippen molar-refractivity contribution in [1.29, 1.82) is 0 Å². The van der Waals surface area contributed by atoms with Crippen LogP contribution in [-0.4, -0.2) is 48.7 Å². The molecule has 0 atom stereocenters. The van der Waals surface area contributed by atoms with Gasteiger partial charge < -0.3 is 0 Å². The maximum atomic E-state index is 12.4. The Hall–Kier alpha value is -1.11. The average molecular weight is 387 g/mol. The van der Waals surface area contributed by atoms with Crippen LogP contribution in [0.5, 0.6) is 0 Å². The SMILES string of the molecule is FC(F)(F)CN1CCN(Cc2ccc3c(Br)cccc3c2)CC1. The van der Waals surface area contributed by atoms with Crippen LogP contribution < -0.4 is 0 Å². The number of hydrogen-bond donors (Lipinski definition) is 0. The van der Waals surface area contributed by atoms with E-state index in [0.29, 0.717) is 26.2 Å². The predicted molar refractivity (Wildman–Crippen MR) is 89.4 cm³/mol. The van der Waals surface area contributed by atoms with Gasteiger partial charge in [-0.05, 0) is 28.5 Å². The largest absolute Gasteiger partial charge is 0.401 e. The van der Waals surface area contributed by atoms with E-state index in [1.807, 2.05) is 12.1 Å². The minimum atomic E-state index is -4.10. The molecular formula is C17H18BrF3N2. The van der Waals surface area contributed by atoms with Crippen molar-refractivity contribution in [1.82, 2.24) is 9.80 Å². The molecule has 3 rings (SSSR count). The molecule has 1 aliphatic heterocycles. The van der Waals surface area contributed by atoms with E-state index in [9.17, 15) is 13.2 Å². The maximum Gasteiger partial charge on any atom is 0.401 e. The number of nitrogens with zero attached hydrogens (tertiary/aromatic N) is 2. The number of rotatable bonds is 3. The summed E-state index contributed by atoms with van der Waals surface area (Å²) in [6.45, 7) is 2.27. The fraction of sp³-hybridized carbons (Fsp3) is 0.412. The first-order valence-corrected chi connectivity index (χ1v) is 8.39. The third-order valence-electron chi connectivity index (χ3n) is 4.17. The van der Waals surface area contributed by atoms with E-state index in [0.717, 1.165) is 11.0 Å². The van der Waals surface area contributed by atoms with Gasteiger partial charge in [0.1, 0.15) is 0 Å². The summed E-state index contributed by atoms with van der Waals surface area (Å²) < 4.78 is 38.3. The van der Waals surface area contributed by atoms with Gasteiger partial charge in [-0.2, -0.15) is 13.2 Å². The number of hydrogen-bond acceptors (Lipinski definition) is 2. The van der Waals surface area contributed by atoms with Crippen molar-refractivity contribution in [2.75, 3.05) is 32.7 Å². The minimum absolute atomic E-state index is 0.471. The zero-order valence-electron chi connectivity index (χ0n) is 12.6. The summed E-state index contributed by atoms with van der Waals surface area (Å²) in [4.78, 5) is 3.69. The average Bonchev–Trinajstić information content (AvgIpc) is 2.48. The van der Waals surface area contributed by atoms with Gasteiger partial charge in [-0.25, -0.2) is 0 Å². The van der Waals surface area contributed by atoms with Crippen molar-refractivity contribution < 1.29 is 13.2 Å². The predicted octanol–water partition coefficient (Wildman–Crippen LogP) is 4.28. The molecule has 0 bridgehead atoms. The van der Waals surface area contributed by atoms with Gasteiger partial charge in [0.05, 0.1) is 6.54 Å². The zero-order chi connectivity index (χ0) is 16.4. The molecule has 124 valence electrons. The normalized spacial score (nSPS) is 17.7. The summed E-state index contributed by atoms with van der Waals surface area (Å²) in [6, 6.07) is 12.4. The van der Waals surface area contributed by atoms with Gasteiger partial charge in [0.25, 0.3) is 0 Å². The summed E-state index contributed by atoms with van der Waals surface area (Å²) in [5.41, 5.74) is 1.19. The van der Waals surface area contributed by atoms with Gasteiger partial charge in [-0.3, -0.25) is 9.80 Å². The highest BCUT2D eigenvalue weighted by Gasteiger charge is 2.32. The third-order valence-corrected chi connectivity index (χ3v) is 4.86. The zero-order valence-corrected chi connectivity index (χ0v) is 14.2. The van der Waals surface area contributed by atoms with E-state index in [2.05, 4.69) is 45.1 Å². The second-order valence-electron chi connectivity index (χ2n) is 5.96. The molecule has 1 saturated heterocycles. The van der Waals surface area contributed by atoms with Gasteiger partial charge >= 0.3 is 6.18 Å². The van der Waals surface area contributed by atoms with Crippen LogP contribution in [0.25, 0.3) is 10.8 Å². The van der Waals surface area contributed by atoms with Crippen LogP contribution in [0, 0.1) is 0 Å². The molecule has 1 aliphatic rings. The monoisotopic (exact) mass is 386 g/mol. The summed E-state index contributed by atoms with van der Waals surface area (Å²) in [5, 5.41) is 2.35. The fourth-order valence-electron chi connectivity index (χ4n) is 3.01. The molecule has 1 heterocycles. The molecule has 0 aliphatic carbocycles. The van der Waals surface area contributed by atoms with Crippen molar-refractivity contribution in [2.24, 2.45) is 0 Å². The Balaban J connectivity index is 1.61. The first-order valence-electron chi connectivity index (χ1n) is 7.59. The lowest BCUT2D eigenvalue weighted by Crippen LogP contribution is -2.48. The molecule has 2 aromatic carbocycles. The first kappa shape index (κ1) is 16.7. The first-order chi connectivity index (χ1) is 10.9. The Morgan fingerprint density at radius 2 is 1.65 bits per heavy atom. The molecule has 2 aromatic rings. The maximum absolute atomic E-state index is 12.4. The summed E-state index contributed by atoms with van der Waals surface area (Å²) in [5.74, 6) is 0. The quantitative estimate of drug-likeness (QED) is 0.776. The van der Waals surface area contributed by atoms with Gasteiger partial charge in [0.2, 0.25) is 0 Å². The van der Waals surface area contributed by atoms with E-state index in [1.165, 1.54) is 21.2 Å². The second kappa shape index (κ2) is 6.79. The third kappa shape index (κ3) is 4.46. The van der Waals surface area contributed by atoms with Crippen molar-refractivity contribution in [3.05, 3.63) is 46.4 Å². The highest BCUT2D eigenvalue weighted by atomic mass is 79.9. The summed E-state index contributed by atoms with van der Waals surface area (Å²) in [7, 11) is 0. The van der Waals surface area contributed by atoms with Crippen molar-refractivity contribution in [3.63, 3.8) is 0 Å². The standard InChI is InChI=1S/C17H18BrF3N2/c18-16-3-1-2-14-10-13(4-5-15(14)16)11-22-6-8-23(9-7-22)12-17(19,20)21/h1-5,10H,6-9,11-12H2. The van der Waals surface area contributed by atoms with E-state index >= 15 is 0 Å². The highest BCUT2D eigenvalue weighted by molar-refractivity contribution is 9.10. The molecule has 0 saturated carbocycles. The second-order valence-corrected chi connectivity index (χ2v) is 6.82. The lowest BCUT2D eigenvalue weighted by atomic mass is 10.1. The molecule has 6 heteroatoms. The van der Waals surface area contributed by atoms with Gasteiger partial charge in [-0.1, -0.05) is 40.2 Å². The molecule has 0 spiro atoms. The Labute approximate surface area is 142 Å². The molecule has 0 unspecified atom stereocenters. The van der Waals surface area contributed by atoms with Crippen LogP contribution in [0.15, 0.2) is 40.9 Å². The van der Waals surface area contributed by atoms with Crippen LogP contribution in [-0.2, 0) is 6.54 Å². The Morgan fingerprint density at radius 3 is 2.35 bits per heavy atom. The number of fused-ring (bicyclic) bond motifs is 1. The fourth-order valence-corrected chi connectivity index (χ4v) is 3.52. The summed E-state index contributed by atoms with van der Waals surface area (Å²) >= 11 is 3.54. The smallest absolute Gasteiger partial charge is 0.297 e. The van der Waals surface area contributed by atoms with Gasteiger partial charge in [0.15, 0.2) is 0 Å². The van der Waals surface area contributed by atoms with E-state index < -0.39 is 12.7 Å². The minimum Gasteiger partial charge on any atom is -0.297 e. The molecule has 23 heavy (non-hydrogen) atoms. The molecule has 0 aromatic heterocycles. The molecular weight excluding hydrogens is 369 g/mol. The number of alkyl halides is 3. The molecule has 0 amide bonds.